The maximum atomic E-state index is 3.58. The first-order valence-electron chi connectivity index (χ1n) is 6.25. The van der Waals surface area contributed by atoms with Crippen LogP contribution in [0.1, 0.15) is 37.2 Å². The van der Waals surface area contributed by atoms with Crippen LogP contribution in [-0.4, -0.2) is 18.1 Å². The number of fused-ring (bicyclic) bond motifs is 2. The fourth-order valence-electron chi connectivity index (χ4n) is 3.38. The van der Waals surface area contributed by atoms with Gasteiger partial charge in [0.15, 0.2) is 0 Å². The molecule has 3 atom stereocenters. The minimum Gasteiger partial charge on any atom is -0.367 e. The summed E-state index contributed by atoms with van der Waals surface area (Å²) < 4.78 is 0. The molecule has 0 radical (unpaired) electrons. The highest BCUT2D eigenvalue weighted by Gasteiger charge is 2.29. The number of H-pyrrole nitrogens is 1. The summed E-state index contributed by atoms with van der Waals surface area (Å²) in [5, 5.41) is 3.58. The van der Waals surface area contributed by atoms with Gasteiger partial charge in [-0.2, -0.15) is 0 Å². The summed E-state index contributed by atoms with van der Waals surface area (Å²) in [6.07, 6.45) is 9.91. The highest BCUT2D eigenvalue weighted by molar-refractivity contribution is 5.15. The molecule has 3 unspecified atom stereocenters. The lowest BCUT2D eigenvalue weighted by molar-refractivity contribution is 0.289. The Morgan fingerprint density at radius 2 is 2.00 bits per heavy atom. The van der Waals surface area contributed by atoms with Crippen molar-refractivity contribution in [2.75, 3.05) is 13.1 Å². The summed E-state index contributed by atoms with van der Waals surface area (Å²) in [5.74, 6) is 2.69. The second-order valence-corrected chi connectivity index (χ2v) is 5.28. The average molecular weight is 204 g/mol. The molecule has 1 aromatic rings. The Kier molecular flexibility index (Phi) is 2.53. The molecule has 1 saturated carbocycles. The summed E-state index contributed by atoms with van der Waals surface area (Å²) in [6, 6.07) is 2.26. The van der Waals surface area contributed by atoms with E-state index < -0.39 is 0 Å². The largest absolute Gasteiger partial charge is 0.367 e. The topological polar surface area (TPSA) is 27.8 Å². The molecule has 3 rings (SSSR count). The second-order valence-electron chi connectivity index (χ2n) is 5.28. The highest BCUT2D eigenvalue weighted by Crippen LogP contribution is 2.38. The van der Waals surface area contributed by atoms with Crippen molar-refractivity contribution in [2.24, 2.45) is 11.8 Å². The van der Waals surface area contributed by atoms with Crippen LogP contribution in [0.15, 0.2) is 18.5 Å². The van der Waals surface area contributed by atoms with E-state index in [0.717, 1.165) is 17.8 Å². The lowest BCUT2D eigenvalue weighted by Crippen LogP contribution is -2.35. The molecule has 2 fully saturated rings. The molecule has 1 saturated heterocycles. The van der Waals surface area contributed by atoms with Gasteiger partial charge in [-0.15, -0.1) is 0 Å². The minimum atomic E-state index is 0.811. The van der Waals surface area contributed by atoms with Crippen molar-refractivity contribution in [3.63, 3.8) is 0 Å². The molecule has 2 N–H and O–H groups in total. The number of nitrogens with one attached hydrogen (secondary N) is 2. The van der Waals surface area contributed by atoms with Gasteiger partial charge in [0.05, 0.1) is 0 Å². The van der Waals surface area contributed by atoms with Gasteiger partial charge >= 0.3 is 0 Å². The summed E-state index contributed by atoms with van der Waals surface area (Å²) >= 11 is 0. The van der Waals surface area contributed by atoms with E-state index in [1.807, 2.05) is 0 Å². The first kappa shape index (κ1) is 9.46. The van der Waals surface area contributed by atoms with Crippen LogP contribution in [0.25, 0.3) is 0 Å². The molecule has 1 aromatic heterocycles. The molecule has 2 nitrogen and oxygen atoms in total. The summed E-state index contributed by atoms with van der Waals surface area (Å²) in [7, 11) is 0. The fourth-order valence-corrected chi connectivity index (χ4v) is 3.38. The number of rotatable bonds is 1. The number of piperidine rings is 1. The zero-order valence-corrected chi connectivity index (χ0v) is 9.21. The third-order valence-electron chi connectivity index (χ3n) is 4.17. The second kappa shape index (κ2) is 4.01. The molecule has 0 amide bonds. The van der Waals surface area contributed by atoms with E-state index in [4.69, 9.17) is 0 Å². The van der Waals surface area contributed by atoms with Gasteiger partial charge in [-0.1, -0.05) is 0 Å². The third-order valence-corrected chi connectivity index (χ3v) is 4.17. The predicted molar refractivity (Wildman–Crippen MR) is 61.9 cm³/mol. The van der Waals surface area contributed by atoms with E-state index >= 15 is 0 Å². The van der Waals surface area contributed by atoms with E-state index in [0.29, 0.717) is 0 Å². The zero-order chi connectivity index (χ0) is 10.1. The van der Waals surface area contributed by atoms with Crippen LogP contribution in [-0.2, 0) is 0 Å². The first-order chi connectivity index (χ1) is 7.42. The molecule has 2 aliphatic rings. The molecular weight excluding hydrogens is 184 g/mol. The van der Waals surface area contributed by atoms with Crippen LogP contribution in [0.2, 0.25) is 0 Å². The quantitative estimate of drug-likeness (QED) is 0.722. The SMILES string of the molecule is c1cc(C2CCC3CNCC(C3)C2)c[nH]1. The van der Waals surface area contributed by atoms with E-state index in [9.17, 15) is 0 Å². The van der Waals surface area contributed by atoms with Crippen LogP contribution in [0.5, 0.6) is 0 Å². The van der Waals surface area contributed by atoms with E-state index in [1.54, 1.807) is 0 Å². The van der Waals surface area contributed by atoms with Crippen LogP contribution >= 0.6 is 0 Å². The van der Waals surface area contributed by atoms with Gasteiger partial charge in [-0.05, 0) is 68.2 Å². The van der Waals surface area contributed by atoms with Crippen LogP contribution < -0.4 is 5.32 Å². The Balaban J connectivity index is 1.75. The van der Waals surface area contributed by atoms with Crippen molar-refractivity contribution < 1.29 is 0 Å². The molecule has 0 spiro atoms. The summed E-state index contributed by atoms with van der Waals surface area (Å²) in [4.78, 5) is 3.19. The Morgan fingerprint density at radius 3 is 2.87 bits per heavy atom. The van der Waals surface area contributed by atoms with Gasteiger partial charge in [0.2, 0.25) is 0 Å². The molecule has 1 aliphatic carbocycles. The average Bonchev–Trinajstić information content (AvgIpc) is 2.74. The molecule has 2 heterocycles. The Labute approximate surface area is 91.5 Å². The number of hydrogen-bond donors (Lipinski definition) is 2. The van der Waals surface area contributed by atoms with Gasteiger partial charge in [-0.25, -0.2) is 0 Å². The van der Waals surface area contributed by atoms with Crippen LogP contribution in [0.4, 0.5) is 0 Å². The molecule has 15 heavy (non-hydrogen) atoms. The Bertz CT molecular complexity index is 304. The molecule has 0 aromatic carbocycles. The molecule has 1 aliphatic heterocycles. The zero-order valence-electron chi connectivity index (χ0n) is 9.21. The van der Waals surface area contributed by atoms with E-state index in [1.165, 1.54) is 44.3 Å². The smallest absolute Gasteiger partial charge is 0.00401 e. The van der Waals surface area contributed by atoms with Gasteiger partial charge < -0.3 is 10.3 Å². The normalized spacial score (nSPS) is 36.1. The van der Waals surface area contributed by atoms with Gasteiger partial charge in [0, 0.05) is 12.4 Å². The van der Waals surface area contributed by atoms with Gasteiger partial charge in [0.25, 0.3) is 0 Å². The van der Waals surface area contributed by atoms with Crippen molar-refractivity contribution in [1.82, 2.24) is 10.3 Å². The van der Waals surface area contributed by atoms with Crippen molar-refractivity contribution in [1.29, 1.82) is 0 Å². The van der Waals surface area contributed by atoms with Crippen LogP contribution in [0.3, 0.4) is 0 Å². The van der Waals surface area contributed by atoms with Gasteiger partial charge in [0.1, 0.15) is 0 Å². The Hall–Kier alpha value is -0.760. The predicted octanol–water partition coefficient (Wildman–Crippen LogP) is 2.51. The van der Waals surface area contributed by atoms with Crippen LogP contribution in [0, 0.1) is 11.8 Å². The lowest BCUT2D eigenvalue weighted by Gasteiger charge is -2.27. The molecular formula is C13H20N2. The van der Waals surface area contributed by atoms with Crippen molar-refractivity contribution in [3.8, 4) is 0 Å². The van der Waals surface area contributed by atoms with E-state index in [2.05, 4.69) is 28.8 Å². The third kappa shape index (κ3) is 1.96. The van der Waals surface area contributed by atoms with Crippen molar-refractivity contribution >= 4 is 0 Å². The fraction of sp³-hybridized carbons (Fsp3) is 0.692. The minimum absolute atomic E-state index is 0.811. The number of aromatic amines is 1. The molecule has 2 heteroatoms. The summed E-state index contributed by atoms with van der Waals surface area (Å²) in [6.45, 7) is 2.51. The maximum Gasteiger partial charge on any atom is 0.00401 e. The summed E-state index contributed by atoms with van der Waals surface area (Å²) in [5.41, 5.74) is 1.53. The molecule has 82 valence electrons. The van der Waals surface area contributed by atoms with Crippen molar-refractivity contribution in [2.45, 2.75) is 31.6 Å². The van der Waals surface area contributed by atoms with E-state index in [-0.39, 0.29) is 0 Å². The maximum absolute atomic E-state index is 3.58. The lowest BCUT2D eigenvalue weighted by atomic mass is 9.87. The number of hydrogen-bond acceptors (Lipinski definition) is 1. The van der Waals surface area contributed by atoms with Gasteiger partial charge in [-0.3, -0.25) is 0 Å². The Morgan fingerprint density at radius 1 is 1.07 bits per heavy atom. The first-order valence-corrected chi connectivity index (χ1v) is 6.25. The number of aromatic nitrogens is 1. The molecule has 2 bridgehead atoms. The van der Waals surface area contributed by atoms with Crippen molar-refractivity contribution in [3.05, 3.63) is 24.0 Å². The monoisotopic (exact) mass is 204 g/mol. The highest BCUT2D eigenvalue weighted by atomic mass is 14.9. The standard InChI is InChI=1S/C13H20N2/c1-2-12(13-3-4-14-9-13)6-11-5-10(1)7-15-8-11/h3-4,9-12,14-15H,1-2,5-8H2.